The Labute approximate surface area is 304 Å². The average molecular weight is 676 g/mol. The smallest absolute Gasteiger partial charge is 0.164 e. The van der Waals surface area contributed by atoms with Crippen LogP contribution < -0.4 is 0 Å². The van der Waals surface area contributed by atoms with Crippen molar-refractivity contribution in [2.45, 2.75) is 0 Å². The van der Waals surface area contributed by atoms with Crippen LogP contribution in [0.2, 0.25) is 0 Å². The van der Waals surface area contributed by atoms with E-state index in [1.807, 2.05) is 12.1 Å². The summed E-state index contributed by atoms with van der Waals surface area (Å²) in [5.74, 6) is 1.89. The number of furan rings is 1. The second kappa shape index (κ2) is 11.7. The SMILES string of the molecule is c1ccc(-c2cccc3cc(-c4nc(-c5ccc6cc7oc8ccccc8c7cc6c5)nc(-c5ccc6ccc7ccccc7c6c5)n4)ccc23)cc1. The highest BCUT2D eigenvalue weighted by molar-refractivity contribution is 6.11. The quantitative estimate of drug-likeness (QED) is 0.174. The van der Waals surface area contributed by atoms with Gasteiger partial charge in [-0.15, -0.1) is 0 Å². The molecule has 0 fully saturated rings. The van der Waals surface area contributed by atoms with Gasteiger partial charge in [-0.05, 0) is 90.6 Å². The van der Waals surface area contributed by atoms with Crippen molar-refractivity contribution in [2.75, 3.05) is 0 Å². The van der Waals surface area contributed by atoms with E-state index in [9.17, 15) is 0 Å². The summed E-state index contributed by atoms with van der Waals surface area (Å²) in [6.45, 7) is 0. The van der Waals surface area contributed by atoms with Gasteiger partial charge in [-0.3, -0.25) is 0 Å². The predicted molar refractivity (Wildman–Crippen MR) is 219 cm³/mol. The highest BCUT2D eigenvalue weighted by atomic mass is 16.3. The Morgan fingerprint density at radius 3 is 1.70 bits per heavy atom. The third-order valence-electron chi connectivity index (χ3n) is 10.5. The number of fused-ring (bicyclic) bond motifs is 8. The topological polar surface area (TPSA) is 51.8 Å². The normalized spacial score (nSPS) is 11.8. The molecule has 0 aliphatic carbocycles. The summed E-state index contributed by atoms with van der Waals surface area (Å²) in [6.07, 6.45) is 0. The molecule has 246 valence electrons. The van der Waals surface area contributed by atoms with Gasteiger partial charge in [0, 0.05) is 27.5 Å². The Morgan fingerprint density at radius 1 is 0.283 bits per heavy atom. The van der Waals surface area contributed by atoms with Crippen molar-refractivity contribution >= 4 is 65.0 Å². The summed E-state index contributed by atoms with van der Waals surface area (Å²) in [6, 6.07) is 61.8. The van der Waals surface area contributed by atoms with Crippen LogP contribution in [0.15, 0.2) is 180 Å². The van der Waals surface area contributed by atoms with Crippen molar-refractivity contribution in [2.24, 2.45) is 0 Å². The molecule has 0 saturated heterocycles. The van der Waals surface area contributed by atoms with Crippen molar-refractivity contribution in [3.8, 4) is 45.3 Å². The summed E-state index contributed by atoms with van der Waals surface area (Å²) in [5.41, 5.74) is 6.96. The van der Waals surface area contributed by atoms with E-state index in [4.69, 9.17) is 19.4 Å². The lowest BCUT2D eigenvalue weighted by atomic mass is 9.97. The molecule has 11 aromatic rings. The van der Waals surface area contributed by atoms with E-state index in [1.165, 1.54) is 38.1 Å². The van der Waals surface area contributed by atoms with Gasteiger partial charge in [-0.1, -0.05) is 140 Å². The molecule has 0 unspecified atom stereocenters. The van der Waals surface area contributed by atoms with Gasteiger partial charge >= 0.3 is 0 Å². The number of aromatic nitrogens is 3. The second-order valence-corrected chi connectivity index (χ2v) is 13.6. The number of benzene rings is 9. The predicted octanol–water partition coefficient (Wildman–Crippen LogP) is 13.1. The molecule has 11 rings (SSSR count). The van der Waals surface area contributed by atoms with Gasteiger partial charge in [0.25, 0.3) is 0 Å². The van der Waals surface area contributed by atoms with Gasteiger partial charge < -0.3 is 4.42 Å². The van der Waals surface area contributed by atoms with E-state index >= 15 is 0 Å². The molecular formula is C49H29N3O. The van der Waals surface area contributed by atoms with Gasteiger partial charge in [-0.2, -0.15) is 0 Å². The fourth-order valence-electron chi connectivity index (χ4n) is 7.80. The van der Waals surface area contributed by atoms with Gasteiger partial charge in [0.15, 0.2) is 17.5 Å². The molecule has 0 N–H and O–H groups in total. The third kappa shape index (κ3) is 4.95. The maximum atomic E-state index is 6.19. The Morgan fingerprint density at radius 2 is 0.887 bits per heavy atom. The van der Waals surface area contributed by atoms with Crippen LogP contribution in [0.25, 0.3) is 110 Å². The fraction of sp³-hybridized carbons (Fsp3) is 0. The Bertz CT molecular complexity index is 3240. The van der Waals surface area contributed by atoms with E-state index in [0.717, 1.165) is 54.8 Å². The third-order valence-corrected chi connectivity index (χ3v) is 10.5. The lowest BCUT2D eigenvalue weighted by Crippen LogP contribution is -2.00. The summed E-state index contributed by atoms with van der Waals surface area (Å²) < 4.78 is 6.19. The van der Waals surface area contributed by atoms with Gasteiger partial charge in [0.1, 0.15) is 11.2 Å². The van der Waals surface area contributed by atoms with E-state index < -0.39 is 0 Å². The molecule has 0 bridgehead atoms. The molecule has 9 aromatic carbocycles. The van der Waals surface area contributed by atoms with Crippen LogP contribution in [0.1, 0.15) is 0 Å². The van der Waals surface area contributed by atoms with Crippen molar-refractivity contribution in [1.29, 1.82) is 0 Å². The van der Waals surface area contributed by atoms with E-state index in [-0.39, 0.29) is 0 Å². The minimum atomic E-state index is 0.625. The molecule has 2 heterocycles. The minimum absolute atomic E-state index is 0.625. The van der Waals surface area contributed by atoms with Crippen LogP contribution in [-0.2, 0) is 0 Å². The molecule has 4 nitrogen and oxygen atoms in total. The lowest BCUT2D eigenvalue weighted by Gasteiger charge is -2.12. The minimum Gasteiger partial charge on any atom is -0.456 e. The maximum absolute atomic E-state index is 6.19. The van der Waals surface area contributed by atoms with E-state index in [0.29, 0.717) is 17.5 Å². The van der Waals surface area contributed by atoms with Crippen molar-refractivity contribution in [1.82, 2.24) is 15.0 Å². The molecular weight excluding hydrogens is 647 g/mol. The first kappa shape index (κ1) is 29.5. The van der Waals surface area contributed by atoms with Crippen LogP contribution in [0.5, 0.6) is 0 Å². The largest absolute Gasteiger partial charge is 0.456 e. The molecule has 0 atom stereocenters. The zero-order valence-electron chi connectivity index (χ0n) is 28.5. The fourth-order valence-corrected chi connectivity index (χ4v) is 7.80. The molecule has 0 aliphatic rings. The first-order valence-electron chi connectivity index (χ1n) is 17.8. The van der Waals surface area contributed by atoms with Crippen LogP contribution in [-0.4, -0.2) is 15.0 Å². The number of rotatable bonds is 4. The van der Waals surface area contributed by atoms with Crippen molar-refractivity contribution in [3.63, 3.8) is 0 Å². The molecule has 0 spiro atoms. The number of nitrogens with zero attached hydrogens (tertiary/aromatic N) is 3. The van der Waals surface area contributed by atoms with E-state index in [2.05, 4.69) is 164 Å². The van der Waals surface area contributed by atoms with Crippen molar-refractivity contribution < 1.29 is 4.42 Å². The van der Waals surface area contributed by atoms with Gasteiger partial charge in [-0.25, -0.2) is 15.0 Å². The molecule has 0 amide bonds. The maximum Gasteiger partial charge on any atom is 0.164 e. The van der Waals surface area contributed by atoms with Crippen LogP contribution in [0.3, 0.4) is 0 Å². The number of hydrogen-bond donors (Lipinski definition) is 0. The van der Waals surface area contributed by atoms with Crippen LogP contribution >= 0.6 is 0 Å². The Kier molecular flexibility index (Phi) is 6.52. The summed E-state index contributed by atoms with van der Waals surface area (Å²) in [7, 11) is 0. The number of para-hydroxylation sites is 1. The molecule has 2 aromatic heterocycles. The van der Waals surface area contributed by atoms with Crippen molar-refractivity contribution in [3.05, 3.63) is 176 Å². The Hall–Kier alpha value is -7.17. The van der Waals surface area contributed by atoms with E-state index in [1.54, 1.807) is 0 Å². The summed E-state index contributed by atoms with van der Waals surface area (Å²) in [4.78, 5) is 15.5. The monoisotopic (exact) mass is 675 g/mol. The molecule has 4 heteroatoms. The molecule has 0 saturated carbocycles. The average Bonchev–Trinajstić information content (AvgIpc) is 3.59. The highest BCUT2D eigenvalue weighted by Gasteiger charge is 2.16. The standard InChI is InChI=1S/C49H29N3O/c1-2-9-30(10-3-1)39-15-8-12-34-25-36(23-24-41(34)39)48-50-47(35-22-20-33-29-46-44(28-38(33)26-35)42-14-6-7-16-45(42)53-46)51-49(52-48)37-21-19-32-18-17-31-11-4-5-13-40(31)43(32)27-37/h1-29H. The highest BCUT2D eigenvalue weighted by Crippen LogP contribution is 2.36. The Balaban J connectivity index is 1.11. The zero-order chi connectivity index (χ0) is 34.9. The number of hydrogen-bond acceptors (Lipinski definition) is 4. The van der Waals surface area contributed by atoms with Gasteiger partial charge in [0.05, 0.1) is 0 Å². The van der Waals surface area contributed by atoms with Crippen LogP contribution in [0, 0.1) is 0 Å². The molecule has 53 heavy (non-hydrogen) atoms. The zero-order valence-corrected chi connectivity index (χ0v) is 28.5. The first-order chi connectivity index (χ1) is 26.2. The molecule has 0 aliphatic heterocycles. The first-order valence-corrected chi connectivity index (χ1v) is 17.8. The van der Waals surface area contributed by atoms with Crippen LogP contribution in [0.4, 0.5) is 0 Å². The molecule has 0 radical (unpaired) electrons. The van der Waals surface area contributed by atoms with Gasteiger partial charge in [0.2, 0.25) is 0 Å². The second-order valence-electron chi connectivity index (χ2n) is 13.6. The summed E-state index contributed by atoms with van der Waals surface area (Å²) in [5, 5.41) is 11.5. The summed E-state index contributed by atoms with van der Waals surface area (Å²) >= 11 is 0. The lowest BCUT2D eigenvalue weighted by molar-refractivity contribution is 0.669.